The van der Waals surface area contributed by atoms with Gasteiger partial charge in [-0.1, -0.05) is 6.92 Å². The second kappa shape index (κ2) is 4.42. The molecule has 0 aliphatic carbocycles. The lowest BCUT2D eigenvalue weighted by Gasteiger charge is -2.07. The van der Waals surface area contributed by atoms with Gasteiger partial charge in [0.15, 0.2) is 0 Å². The van der Waals surface area contributed by atoms with Crippen molar-refractivity contribution in [3.8, 4) is 0 Å². The molecule has 0 saturated heterocycles. The fourth-order valence-corrected chi connectivity index (χ4v) is 0.348. The van der Waals surface area contributed by atoms with Gasteiger partial charge in [-0.05, 0) is 32.8 Å². The van der Waals surface area contributed by atoms with Crippen molar-refractivity contribution in [2.24, 2.45) is 0 Å². The summed E-state index contributed by atoms with van der Waals surface area (Å²) in [6.45, 7) is 8.24. The van der Waals surface area contributed by atoms with E-state index < -0.39 is 0 Å². The van der Waals surface area contributed by atoms with Crippen LogP contribution < -0.4 is 0 Å². The second-order valence-corrected chi connectivity index (χ2v) is 2.55. The summed E-state index contributed by atoms with van der Waals surface area (Å²) in [6, 6.07) is 0. The maximum absolute atomic E-state index is 5.29. The lowest BCUT2D eigenvalue weighted by Crippen LogP contribution is -2.00. The molecule has 0 amide bonds. The fraction of sp³-hybridized carbons (Fsp3) is 0.750. The van der Waals surface area contributed by atoms with E-state index in [2.05, 4.69) is 13.8 Å². The first kappa shape index (κ1) is 8.54. The zero-order valence-electron chi connectivity index (χ0n) is 6.77. The molecule has 0 saturated carbocycles. The molecule has 0 fully saturated rings. The van der Waals surface area contributed by atoms with E-state index in [1.54, 1.807) is 0 Å². The van der Waals surface area contributed by atoms with E-state index in [0.29, 0.717) is 6.10 Å². The first-order valence-electron chi connectivity index (χ1n) is 3.45. The molecular weight excluding hydrogens is 112 g/mol. The minimum Gasteiger partial charge on any atom is -0.498 e. The highest BCUT2D eigenvalue weighted by atomic mass is 16.5. The minimum atomic E-state index is 0.361. The van der Waals surface area contributed by atoms with Crippen LogP contribution in [0, 0.1) is 0 Å². The van der Waals surface area contributed by atoms with Crippen LogP contribution >= 0.6 is 0 Å². The van der Waals surface area contributed by atoms with Crippen molar-refractivity contribution in [1.82, 2.24) is 0 Å². The smallest absolute Gasteiger partial charge is 0.0947 e. The molecule has 0 heterocycles. The van der Waals surface area contributed by atoms with Crippen molar-refractivity contribution in [3.63, 3.8) is 0 Å². The molecule has 0 aliphatic heterocycles. The third-order valence-electron chi connectivity index (χ3n) is 1.11. The molecule has 1 atom stereocenters. The summed E-state index contributed by atoms with van der Waals surface area (Å²) in [5.74, 6) is 0. The van der Waals surface area contributed by atoms with Crippen LogP contribution in [0.15, 0.2) is 11.8 Å². The van der Waals surface area contributed by atoms with E-state index in [4.69, 9.17) is 4.74 Å². The van der Waals surface area contributed by atoms with Crippen molar-refractivity contribution in [2.75, 3.05) is 0 Å². The Labute approximate surface area is 57.7 Å². The van der Waals surface area contributed by atoms with Crippen LogP contribution in [0.1, 0.15) is 34.1 Å². The van der Waals surface area contributed by atoms with E-state index in [1.807, 2.05) is 20.1 Å². The summed E-state index contributed by atoms with van der Waals surface area (Å²) in [7, 11) is 0. The second-order valence-electron chi connectivity index (χ2n) is 2.55. The number of allylic oxidation sites excluding steroid dienone is 1. The number of rotatable bonds is 3. The summed E-state index contributed by atoms with van der Waals surface area (Å²) in [5, 5.41) is 0. The quantitative estimate of drug-likeness (QED) is 0.531. The molecular formula is C8H16O. The first-order valence-corrected chi connectivity index (χ1v) is 3.45. The van der Waals surface area contributed by atoms with Crippen LogP contribution in [-0.2, 0) is 4.74 Å². The molecule has 0 N–H and O–H groups in total. The lowest BCUT2D eigenvalue weighted by atomic mass is 10.3. The molecule has 54 valence electrons. The SMILES string of the molecule is CCC(C)OC=C(C)C. The molecule has 0 spiro atoms. The molecule has 9 heavy (non-hydrogen) atoms. The van der Waals surface area contributed by atoms with E-state index in [1.165, 1.54) is 5.57 Å². The van der Waals surface area contributed by atoms with Crippen molar-refractivity contribution < 1.29 is 4.74 Å². The topological polar surface area (TPSA) is 9.23 Å². The van der Waals surface area contributed by atoms with Crippen LogP contribution in [-0.4, -0.2) is 6.10 Å². The molecule has 1 unspecified atom stereocenters. The zero-order chi connectivity index (χ0) is 7.28. The summed E-state index contributed by atoms with van der Waals surface area (Å²) in [5.41, 5.74) is 1.22. The van der Waals surface area contributed by atoms with Crippen LogP contribution in [0.5, 0.6) is 0 Å². The van der Waals surface area contributed by atoms with Crippen LogP contribution in [0.4, 0.5) is 0 Å². The lowest BCUT2D eigenvalue weighted by molar-refractivity contribution is 0.156. The Kier molecular flexibility index (Phi) is 4.20. The van der Waals surface area contributed by atoms with Crippen molar-refractivity contribution >= 4 is 0 Å². The van der Waals surface area contributed by atoms with Crippen LogP contribution in [0.3, 0.4) is 0 Å². The Balaban J connectivity index is 3.37. The highest BCUT2D eigenvalue weighted by Crippen LogP contribution is 1.98. The molecule has 0 aromatic carbocycles. The predicted molar refractivity (Wildman–Crippen MR) is 40.3 cm³/mol. The van der Waals surface area contributed by atoms with Gasteiger partial charge in [-0.15, -0.1) is 0 Å². The summed E-state index contributed by atoms with van der Waals surface area (Å²) in [6.07, 6.45) is 3.25. The maximum atomic E-state index is 5.29. The maximum Gasteiger partial charge on any atom is 0.0947 e. The average molecular weight is 128 g/mol. The van der Waals surface area contributed by atoms with Gasteiger partial charge in [0, 0.05) is 0 Å². The molecule has 0 aromatic heterocycles. The third kappa shape index (κ3) is 5.41. The van der Waals surface area contributed by atoms with Gasteiger partial charge in [0.25, 0.3) is 0 Å². The van der Waals surface area contributed by atoms with Gasteiger partial charge in [-0.2, -0.15) is 0 Å². The average Bonchev–Trinajstić information content (AvgIpc) is 1.83. The van der Waals surface area contributed by atoms with Gasteiger partial charge in [0.2, 0.25) is 0 Å². The Bertz CT molecular complexity index is 90.7. The molecule has 1 nitrogen and oxygen atoms in total. The van der Waals surface area contributed by atoms with E-state index in [9.17, 15) is 0 Å². The monoisotopic (exact) mass is 128 g/mol. The van der Waals surface area contributed by atoms with Crippen molar-refractivity contribution in [2.45, 2.75) is 40.2 Å². The summed E-state index contributed by atoms with van der Waals surface area (Å²) in [4.78, 5) is 0. The normalized spacial score (nSPS) is 12.4. The number of ether oxygens (including phenoxy) is 1. The number of hydrogen-bond donors (Lipinski definition) is 0. The standard InChI is InChI=1S/C8H16O/c1-5-8(4)9-6-7(2)3/h6,8H,5H2,1-4H3. The Hall–Kier alpha value is -0.460. The predicted octanol–water partition coefficient (Wildman–Crippen LogP) is 2.73. The van der Waals surface area contributed by atoms with Gasteiger partial charge in [-0.25, -0.2) is 0 Å². The Morgan fingerprint density at radius 3 is 2.44 bits per heavy atom. The molecule has 1 heteroatoms. The van der Waals surface area contributed by atoms with Crippen LogP contribution in [0.2, 0.25) is 0 Å². The Morgan fingerprint density at radius 1 is 1.56 bits per heavy atom. The third-order valence-corrected chi connectivity index (χ3v) is 1.11. The minimum absolute atomic E-state index is 0.361. The molecule has 0 aromatic rings. The fourth-order valence-electron chi connectivity index (χ4n) is 0.348. The molecule has 0 bridgehead atoms. The van der Waals surface area contributed by atoms with Gasteiger partial charge >= 0.3 is 0 Å². The summed E-state index contributed by atoms with van der Waals surface area (Å²) >= 11 is 0. The Morgan fingerprint density at radius 2 is 2.11 bits per heavy atom. The van der Waals surface area contributed by atoms with Crippen molar-refractivity contribution in [3.05, 3.63) is 11.8 Å². The van der Waals surface area contributed by atoms with E-state index in [0.717, 1.165) is 6.42 Å². The summed E-state index contributed by atoms with van der Waals surface area (Å²) < 4.78 is 5.29. The molecule has 0 aliphatic rings. The van der Waals surface area contributed by atoms with Gasteiger partial charge in [0.05, 0.1) is 12.4 Å². The van der Waals surface area contributed by atoms with Gasteiger partial charge < -0.3 is 4.74 Å². The zero-order valence-corrected chi connectivity index (χ0v) is 6.77. The van der Waals surface area contributed by atoms with E-state index >= 15 is 0 Å². The highest BCUT2D eigenvalue weighted by molar-refractivity contribution is 4.86. The van der Waals surface area contributed by atoms with E-state index in [-0.39, 0.29) is 0 Å². The largest absolute Gasteiger partial charge is 0.498 e. The molecule has 0 radical (unpaired) electrons. The van der Waals surface area contributed by atoms with Crippen LogP contribution in [0.25, 0.3) is 0 Å². The van der Waals surface area contributed by atoms with Crippen molar-refractivity contribution in [1.29, 1.82) is 0 Å². The first-order chi connectivity index (χ1) is 4.16. The molecule has 0 rings (SSSR count). The van der Waals surface area contributed by atoms with Gasteiger partial charge in [0.1, 0.15) is 0 Å². The number of hydrogen-bond acceptors (Lipinski definition) is 1. The van der Waals surface area contributed by atoms with Gasteiger partial charge in [-0.3, -0.25) is 0 Å². The highest BCUT2D eigenvalue weighted by Gasteiger charge is 1.92.